The quantitative estimate of drug-likeness (QED) is 0.245. The Bertz CT molecular complexity index is 1350. The molecule has 2 unspecified atom stereocenters. The van der Waals surface area contributed by atoms with Crippen LogP contribution in [0, 0.1) is 18.3 Å². The van der Waals surface area contributed by atoms with Crippen molar-refractivity contribution >= 4 is 40.0 Å². The minimum atomic E-state index is -0.633. The summed E-state index contributed by atoms with van der Waals surface area (Å²) in [6, 6.07) is 7.58. The molecule has 1 aliphatic carbocycles. The van der Waals surface area contributed by atoms with E-state index >= 15 is 0 Å². The second-order valence-corrected chi connectivity index (χ2v) is 12.9. The van der Waals surface area contributed by atoms with E-state index in [1.54, 1.807) is 13.8 Å². The number of H-pyrrole nitrogens is 1. The summed E-state index contributed by atoms with van der Waals surface area (Å²) in [4.78, 5) is 39.8. The molecule has 2 N–H and O–H groups in total. The maximum atomic E-state index is 13.3. The number of hydrogen-bond acceptors (Lipinski definition) is 7. The zero-order valence-electron chi connectivity index (χ0n) is 22.1. The molecule has 2 aromatic heterocycles. The lowest BCUT2D eigenvalue weighted by Crippen LogP contribution is -2.37. The van der Waals surface area contributed by atoms with Gasteiger partial charge in [0.1, 0.15) is 5.00 Å². The fraction of sp³-hybridized carbons (Fsp3) is 0.481. The fourth-order valence-electron chi connectivity index (χ4n) is 4.49. The van der Waals surface area contributed by atoms with Crippen molar-refractivity contribution in [1.29, 1.82) is 0 Å². The van der Waals surface area contributed by atoms with Gasteiger partial charge in [0.05, 0.1) is 17.4 Å². The third-order valence-electron chi connectivity index (χ3n) is 6.76. The Morgan fingerprint density at radius 1 is 1.30 bits per heavy atom. The summed E-state index contributed by atoms with van der Waals surface area (Å²) in [5, 5.41) is 5.72. The average molecular weight is 545 g/mol. The molecule has 0 saturated carbocycles. The zero-order valence-corrected chi connectivity index (χ0v) is 23.7. The van der Waals surface area contributed by atoms with Gasteiger partial charge < -0.3 is 10.1 Å². The van der Waals surface area contributed by atoms with Gasteiger partial charge in [-0.1, -0.05) is 38.5 Å². The minimum Gasteiger partial charge on any atom is -0.462 e. The van der Waals surface area contributed by atoms with Crippen LogP contribution >= 0.6 is 23.1 Å². The summed E-state index contributed by atoms with van der Waals surface area (Å²) < 4.78 is 11.9. The Balaban J connectivity index is 1.57. The van der Waals surface area contributed by atoms with Crippen molar-refractivity contribution in [2.24, 2.45) is 11.3 Å². The van der Waals surface area contributed by atoms with E-state index in [2.05, 4.69) is 31.4 Å². The van der Waals surface area contributed by atoms with Gasteiger partial charge in [-0.3, -0.25) is 9.32 Å². The van der Waals surface area contributed by atoms with Crippen molar-refractivity contribution in [3.63, 3.8) is 0 Å². The smallest absolute Gasteiger partial charge is 0.442 e. The van der Waals surface area contributed by atoms with Crippen LogP contribution in [-0.2, 0) is 22.4 Å². The van der Waals surface area contributed by atoms with Gasteiger partial charge in [0.25, 0.3) is 0 Å². The number of aryl methyl sites for hydroxylation is 1. The molecule has 1 aliphatic rings. The van der Waals surface area contributed by atoms with Crippen molar-refractivity contribution in [3.05, 3.63) is 56.3 Å². The molecule has 198 valence electrons. The van der Waals surface area contributed by atoms with Crippen LogP contribution in [0.3, 0.4) is 0 Å². The first kappa shape index (κ1) is 27.2. The number of amides is 1. The largest absolute Gasteiger partial charge is 0.462 e. The number of rotatable bonds is 7. The number of fused-ring (bicyclic) bond motifs is 1. The Labute approximate surface area is 224 Å². The van der Waals surface area contributed by atoms with E-state index in [1.807, 2.05) is 31.2 Å². The molecular formula is C27H34N3O5S2+. The molecule has 0 bridgehead atoms. The molecule has 8 nitrogen and oxygen atoms in total. The number of esters is 1. The number of carbonyl (C=O) groups is 2. The van der Waals surface area contributed by atoms with Crippen LogP contribution in [-0.4, -0.2) is 29.0 Å². The van der Waals surface area contributed by atoms with Gasteiger partial charge in [-0.25, -0.2) is 9.59 Å². The second-order valence-electron chi connectivity index (χ2n) is 10.4. The number of benzene rings is 1. The number of anilines is 1. The monoisotopic (exact) mass is 544 g/mol. The van der Waals surface area contributed by atoms with Crippen molar-refractivity contribution < 1.29 is 23.5 Å². The maximum absolute atomic E-state index is 13.3. The molecule has 10 heteroatoms. The molecule has 0 aliphatic heterocycles. The van der Waals surface area contributed by atoms with Crippen LogP contribution in [0.4, 0.5) is 5.00 Å². The fourth-order valence-corrected chi connectivity index (χ4v) is 6.70. The lowest BCUT2D eigenvalue weighted by molar-refractivity contribution is -0.704. The maximum Gasteiger partial charge on any atom is 0.442 e. The van der Waals surface area contributed by atoms with Gasteiger partial charge in [-0.15, -0.1) is 11.3 Å². The predicted octanol–water partition coefficient (Wildman–Crippen LogP) is 5.06. The molecule has 3 aromatic rings. The summed E-state index contributed by atoms with van der Waals surface area (Å²) in [5.74, 6) is -0.220. The Morgan fingerprint density at radius 2 is 2.00 bits per heavy atom. The molecule has 4 rings (SSSR count). The highest BCUT2D eigenvalue weighted by Crippen LogP contribution is 2.44. The summed E-state index contributed by atoms with van der Waals surface area (Å²) >= 11 is 2.56. The van der Waals surface area contributed by atoms with E-state index in [4.69, 9.17) is 9.26 Å². The first-order chi connectivity index (χ1) is 17.5. The van der Waals surface area contributed by atoms with E-state index in [1.165, 1.54) is 16.0 Å². The number of thioether (sulfide) groups is 1. The van der Waals surface area contributed by atoms with E-state index in [0.29, 0.717) is 16.5 Å². The topological polar surface area (TPSA) is 105 Å². The van der Waals surface area contributed by atoms with Crippen LogP contribution in [0.15, 0.2) is 38.6 Å². The third-order valence-corrected chi connectivity index (χ3v) is 9.07. The number of nitrogens with zero attached hydrogens (tertiary/aromatic N) is 1. The van der Waals surface area contributed by atoms with Crippen LogP contribution < -0.4 is 15.6 Å². The standard InChI is InChI=1S/C27H33N3O5S2/c1-7-34-25(32)21-19-13-10-17(27(4,5)6)14-20(19)37-23(21)28-22(31)16(3)36-24-26(33)35-29-30(24)18-11-8-15(2)9-12-18/h8-9,11-12,16-17H,7,10,13-14H2,1-6H3,(H-,28,29,31,32,33)/p+1. The van der Waals surface area contributed by atoms with Crippen molar-refractivity contribution in [2.45, 2.75) is 71.1 Å². The highest BCUT2D eigenvalue weighted by molar-refractivity contribution is 8.00. The number of aromatic nitrogens is 2. The van der Waals surface area contributed by atoms with Crippen LogP contribution in [0.5, 0.6) is 0 Å². The lowest BCUT2D eigenvalue weighted by Gasteiger charge is -2.33. The van der Waals surface area contributed by atoms with Crippen molar-refractivity contribution in [1.82, 2.24) is 5.27 Å². The van der Waals surface area contributed by atoms with Crippen LogP contribution in [0.2, 0.25) is 0 Å². The highest BCUT2D eigenvalue weighted by Gasteiger charge is 2.35. The number of aromatic amines is 1. The average Bonchev–Trinajstić information content (AvgIpc) is 3.38. The molecular weight excluding hydrogens is 510 g/mol. The number of carbonyl (C=O) groups excluding carboxylic acids is 2. The first-order valence-electron chi connectivity index (χ1n) is 12.5. The number of hydrogen-bond donors (Lipinski definition) is 2. The van der Waals surface area contributed by atoms with Crippen LogP contribution in [0.25, 0.3) is 5.69 Å². The van der Waals surface area contributed by atoms with Gasteiger partial charge >= 0.3 is 16.6 Å². The van der Waals surface area contributed by atoms with E-state index in [-0.39, 0.29) is 23.0 Å². The molecule has 0 spiro atoms. The first-order valence-corrected chi connectivity index (χ1v) is 14.2. The van der Waals surface area contributed by atoms with Gasteiger partial charge in [0.2, 0.25) is 11.6 Å². The summed E-state index contributed by atoms with van der Waals surface area (Å²) in [6.07, 6.45) is 2.64. The third kappa shape index (κ3) is 5.85. The van der Waals surface area contributed by atoms with E-state index in [9.17, 15) is 14.4 Å². The normalized spacial score (nSPS) is 16.2. The number of thiophene rings is 1. The van der Waals surface area contributed by atoms with Crippen molar-refractivity contribution in [2.75, 3.05) is 11.9 Å². The lowest BCUT2D eigenvalue weighted by atomic mass is 9.72. The van der Waals surface area contributed by atoms with Gasteiger partial charge in [0.15, 0.2) is 0 Å². The van der Waals surface area contributed by atoms with E-state index < -0.39 is 16.8 Å². The molecule has 1 aromatic carbocycles. The van der Waals surface area contributed by atoms with Gasteiger partial charge in [-0.2, -0.15) is 0 Å². The van der Waals surface area contributed by atoms with Gasteiger partial charge in [0, 0.05) is 17.0 Å². The highest BCUT2D eigenvalue weighted by atomic mass is 32.2. The summed E-state index contributed by atoms with van der Waals surface area (Å²) in [6.45, 7) is 12.5. The molecule has 0 radical (unpaired) electrons. The Morgan fingerprint density at radius 3 is 2.65 bits per heavy atom. The summed E-state index contributed by atoms with van der Waals surface area (Å²) in [5.41, 5.74) is 2.86. The molecule has 1 amide bonds. The molecule has 37 heavy (non-hydrogen) atoms. The van der Waals surface area contributed by atoms with Crippen LogP contribution in [0.1, 0.15) is 67.4 Å². The summed E-state index contributed by atoms with van der Waals surface area (Å²) in [7, 11) is 0. The second kappa shape index (κ2) is 10.9. The number of ether oxygens (including phenoxy) is 1. The minimum absolute atomic E-state index is 0.158. The molecule has 0 fully saturated rings. The number of nitrogens with one attached hydrogen (secondary N) is 2. The van der Waals surface area contributed by atoms with Gasteiger partial charge in [-0.05, 0) is 78.6 Å². The molecule has 0 saturated heterocycles. The predicted molar refractivity (Wildman–Crippen MR) is 145 cm³/mol. The Hall–Kier alpha value is -2.85. The van der Waals surface area contributed by atoms with Crippen molar-refractivity contribution in [3.8, 4) is 5.69 Å². The SMILES string of the molecule is CCOC(=O)c1c(NC(=O)C(C)Sc2c(=O)o[nH][n+]2-c2ccc(C)cc2)sc2c1CCC(C(C)(C)C)C2. The van der Waals surface area contributed by atoms with E-state index in [0.717, 1.165) is 52.7 Å². The molecule has 2 heterocycles. The zero-order chi connectivity index (χ0) is 26.9. The Kier molecular flexibility index (Phi) is 7.99. The molecule has 2 atom stereocenters.